The van der Waals surface area contributed by atoms with Crippen LogP contribution in [0, 0.1) is 5.92 Å². The molecule has 0 saturated heterocycles. The third-order valence-corrected chi connectivity index (χ3v) is 6.42. The third-order valence-electron chi connectivity index (χ3n) is 6.13. The van der Waals surface area contributed by atoms with E-state index in [2.05, 4.69) is 5.32 Å². The van der Waals surface area contributed by atoms with Crippen LogP contribution in [0.15, 0.2) is 65.5 Å². The van der Waals surface area contributed by atoms with E-state index in [1.807, 2.05) is 36.4 Å². The maximum absolute atomic E-state index is 13.3. The van der Waals surface area contributed by atoms with Gasteiger partial charge >= 0.3 is 5.97 Å². The highest BCUT2D eigenvalue weighted by Gasteiger charge is 2.43. The summed E-state index contributed by atoms with van der Waals surface area (Å²) >= 11 is 6.27. The Kier molecular flexibility index (Phi) is 6.75. The lowest BCUT2D eigenvalue weighted by Gasteiger charge is -2.38. The zero-order chi connectivity index (χ0) is 23.5. The van der Waals surface area contributed by atoms with Crippen LogP contribution in [0.1, 0.15) is 36.8 Å². The van der Waals surface area contributed by atoms with Crippen molar-refractivity contribution in [3.8, 4) is 11.5 Å². The summed E-state index contributed by atoms with van der Waals surface area (Å²) in [6.45, 7) is 2.02. The highest BCUT2D eigenvalue weighted by Crippen LogP contribution is 2.47. The summed E-state index contributed by atoms with van der Waals surface area (Å²) in [5, 5.41) is 13.5. The molecule has 1 aliphatic heterocycles. The van der Waals surface area contributed by atoms with Gasteiger partial charge in [0.25, 0.3) is 0 Å². The summed E-state index contributed by atoms with van der Waals surface area (Å²) < 4.78 is 10.9. The van der Waals surface area contributed by atoms with E-state index in [1.165, 1.54) is 7.11 Å². The van der Waals surface area contributed by atoms with Gasteiger partial charge in [0.1, 0.15) is 5.78 Å². The van der Waals surface area contributed by atoms with Crippen molar-refractivity contribution in [2.45, 2.75) is 32.1 Å². The van der Waals surface area contributed by atoms with Gasteiger partial charge in [-0.05, 0) is 36.6 Å². The predicted octanol–water partition coefficient (Wildman–Crippen LogP) is 4.66. The zero-order valence-corrected chi connectivity index (χ0v) is 19.3. The standard InChI is InChI=1S/C26H26ClNO5/c1-15-22(26(31)33-12-11-16-7-4-3-5-8-16)23(24-19(28-15)9-6-10-20(24)29)17-13-18(27)25(30)21(14-17)32-2/h3-5,7-9,13-14,23-24,28,30H,6,10-12H2,1-2H3. The fourth-order valence-electron chi connectivity index (χ4n) is 4.56. The van der Waals surface area contributed by atoms with Crippen LogP contribution < -0.4 is 10.1 Å². The highest BCUT2D eigenvalue weighted by atomic mass is 35.5. The van der Waals surface area contributed by atoms with Gasteiger partial charge in [-0.3, -0.25) is 4.79 Å². The van der Waals surface area contributed by atoms with E-state index in [-0.39, 0.29) is 28.9 Å². The number of hydrogen-bond donors (Lipinski definition) is 2. The molecule has 1 aliphatic carbocycles. The molecule has 0 aromatic heterocycles. The number of halogens is 1. The molecule has 33 heavy (non-hydrogen) atoms. The fraction of sp³-hybridized carbons (Fsp3) is 0.308. The Morgan fingerprint density at radius 2 is 1.97 bits per heavy atom. The monoisotopic (exact) mass is 467 g/mol. The van der Waals surface area contributed by atoms with Crippen LogP contribution in [0.4, 0.5) is 0 Å². The van der Waals surface area contributed by atoms with E-state index in [0.29, 0.717) is 36.1 Å². The summed E-state index contributed by atoms with van der Waals surface area (Å²) in [5.41, 5.74) is 3.46. The van der Waals surface area contributed by atoms with Gasteiger partial charge in [-0.1, -0.05) is 48.0 Å². The molecule has 0 saturated carbocycles. The Morgan fingerprint density at radius 3 is 2.70 bits per heavy atom. The summed E-state index contributed by atoms with van der Waals surface area (Å²) in [7, 11) is 1.43. The molecule has 4 rings (SSSR count). The van der Waals surface area contributed by atoms with Crippen molar-refractivity contribution in [1.82, 2.24) is 5.32 Å². The normalized spacial score (nSPS) is 20.0. The van der Waals surface area contributed by atoms with Crippen molar-refractivity contribution < 1.29 is 24.2 Å². The summed E-state index contributed by atoms with van der Waals surface area (Å²) in [4.78, 5) is 26.3. The van der Waals surface area contributed by atoms with Crippen molar-refractivity contribution in [2.75, 3.05) is 13.7 Å². The molecule has 0 bridgehead atoms. The maximum atomic E-state index is 13.3. The molecule has 172 valence electrons. The highest BCUT2D eigenvalue weighted by molar-refractivity contribution is 6.32. The number of phenols is 1. The number of ether oxygens (including phenoxy) is 2. The van der Waals surface area contributed by atoms with Crippen LogP contribution in [0.3, 0.4) is 0 Å². The lowest BCUT2D eigenvalue weighted by molar-refractivity contribution is -0.139. The number of esters is 1. The molecule has 2 unspecified atom stereocenters. The summed E-state index contributed by atoms with van der Waals surface area (Å²) in [6.07, 6.45) is 3.63. The first-order chi connectivity index (χ1) is 15.9. The first-order valence-corrected chi connectivity index (χ1v) is 11.3. The molecule has 6 nitrogen and oxygen atoms in total. The summed E-state index contributed by atoms with van der Waals surface area (Å²) in [6, 6.07) is 13.0. The van der Waals surface area contributed by atoms with Crippen molar-refractivity contribution >= 4 is 23.4 Å². The van der Waals surface area contributed by atoms with Crippen molar-refractivity contribution in [3.05, 3.63) is 81.7 Å². The van der Waals surface area contributed by atoms with Crippen LogP contribution in [0.5, 0.6) is 11.5 Å². The van der Waals surface area contributed by atoms with Gasteiger partial charge < -0.3 is 19.9 Å². The molecule has 1 heterocycles. The van der Waals surface area contributed by atoms with Crippen molar-refractivity contribution in [1.29, 1.82) is 0 Å². The smallest absolute Gasteiger partial charge is 0.336 e. The predicted molar refractivity (Wildman–Crippen MR) is 125 cm³/mol. The lowest BCUT2D eigenvalue weighted by Crippen LogP contribution is -2.40. The average molecular weight is 468 g/mol. The molecule has 0 spiro atoms. The molecule has 2 aliphatic rings. The Balaban J connectivity index is 1.71. The molecular weight excluding hydrogens is 442 g/mol. The van der Waals surface area contributed by atoms with Gasteiger partial charge in [0, 0.05) is 30.2 Å². The second-order valence-corrected chi connectivity index (χ2v) is 8.62. The molecule has 0 fully saturated rings. The number of rotatable bonds is 6. The zero-order valence-electron chi connectivity index (χ0n) is 18.6. The maximum Gasteiger partial charge on any atom is 0.336 e. The quantitative estimate of drug-likeness (QED) is 0.601. The minimum atomic E-state index is -0.610. The van der Waals surface area contributed by atoms with Crippen molar-refractivity contribution in [2.24, 2.45) is 5.92 Å². The Bertz CT molecular complexity index is 1140. The minimum absolute atomic E-state index is 0.0373. The first-order valence-electron chi connectivity index (χ1n) is 10.9. The second kappa shape index (κ2) is 9.71. The van der Waals surface area contributed by atoms with E-state index >= 15 is 0 Å². The Morgan fingerprint density at radius 1 is 1.21 bits per heavy atom. The molecular formula is C26H26ClNO5. The van der Waals surface area contributed by atoms with Crippen LogP contribution in [-0.2, 0) is 20.7 Å². The SMILES string of the molecule is COc1cc(C2C(C(=O)OCCc3ccccc3)=C(C)NC3=CCCC(=O)C32)cc(Cl)c1O. The molecule has 2 aromatic carbocycles. The number of phenolic OH excluding ortho intramolecular Hbond substituents is 1. The number of ketones is 1. The lowest BCUT2D eigenvalue weighted by atomic mass is 9.71. The van der Waals surface area contributed by atoms with Gasteiger partial charge in [0.15, 0.2) is 11.5 Å². The van der Waals surface area contributed by atoms with E-state index in [0.717, 1.165) is 11.3 Å². The largest absolute Gasteiger partial charge is 0.503 e. The molecule has 0 radical (unpaired) electrons. The number of hydrogen-bond acceptors (Lipinski definition) is 6. The Labute approximate surface area is 197 Å². The van der Waals surface area contributed by atoms with Crippen LogP contribution in [-0.4, -0.2) is 30.6 Å². The number of methoxy groups -OCH3 is 1. The second-order valence-electron chi connectivity index (χ2n) is 8.21. The van der Waals surface area contributed by atoms with Gasteiger partial charge in [0.05, 0.1) is 30.2 Å². The Hall–Kier alpha value is -3.25. The van der Waals surface area contributed by atoms with Crippen LogP contribution in [0.25, 0.3) is 0 Å². The number of carbonyl (C=O) groups is 2. The summed E-state index contributed by atoms with van der Waals surface area (Å²) in [5.74, 6) is -1.63. The number of carbonyl (C=O) groups excluding carboxylic acids is 2. The van der Waals surface area contributed by atoms with Gasteiger partial charge in [0.2, 0.25) is 0 Å². The number of allylic oxidation sites excluding steroid dienone is 3. The fourth-order valence-corrected chi connectivity index (χ4v) is 4.78. The van der Waals surface area contributed by atoms with Crippen LogP contribution in [0.2, 0.25) is 5.02 Å². The molecule has 2 atom stereocenters. The van der Waals surface area contributed by atoms with E-state index < -0.39 is 17.8 Å². The van der Waals surface area contributed by atoms with Gasteiger partial charge in [-0.25, -0.2) is 4.79 Å². The first kappa shape index (κ1) is 22.9. The van der Waals surface area contributed by atoms with Crippen molar-refractivity contribution in [3.63, 3.8) is 0 Å². The van der Waals surface area contributed by atoms with Gasteiger partial charge in [-0.15, -0.1) is 0 Å². The average Bonchev–Trinajstić information content (AvgIpc) is 2.80. The number of aromatic hydroxyl groups is 1. The topological polar surface area (TPSA) is 84.9 Å². The van der Waals surface area contributed by atoms with E-state index in [4.69, 9.17) is 21.1 Å². The molecule has 0 amide bonds. The number of Topliss-reactive ketones (excluding diaryl/α,β-unsaturated/α-hetero) is 1. The minimum Gasteiger partial charge on any atom is -0.503 e. The number of benzene rings is 2. The van der Waals surface area contributed by atoms with E-state index in [9.17, 15) is 14.7 Å². The van der Waals surface area contributed by atoms with Crippen LogP contribution >= 0.6 is 11.6 Å². The molecule has 2 N–H and O–H groups in total. The number of nitrogens with one attached hydrogen (secondary N) is 1. The molecule has 2 aromatic rings. The van der Waals surface area contributed by atoms with E-state index in [1.54, 1.807) is 19.1 Å². The molecule has 7 heteroatoms. The number of fused-ring (bicyclic) bond motifs is 1. The van der Waals surface area contributed by atoms with Gasteiger partial charge in [-0.2, -0.15) is 0 Å². The third kappa shape index (κ3) is 4.62.